The summed E-state index contributed by atoms with van der Waals surface area (Å²) in [5.74, 6) is 0.223. The predicted molar refractivity (Wildman–Crippen MR) is 66.0 cm³/mol. The van der Waals surface area contributed by atoms with Crippen LogP contribution in [-0.2, 0) is 14.8 Å². The van der Waals surface area contributed by atoms with Gasteiger partial charge in [-0.3, -0.25) is 4.79 Å². The van der Waals surface area contributed by atoms with Crippen molar-refractivity contribution in [2.45, 2.75) is 24.3 Å². The summed E-state index contributed by atoms with van der Waals surface area (Å²) in [6, 6.07) is 4.36. The standard InChI is InChI=1S/C11H14N2O4S/c1-3-9-11(14)13-8-6-7(18(15,16)12-2)4-5-10(8)17-9/h4-6,9,12H,3H2,1-2H3,(H,13,14). The molecular formula is C11H14N2O4S. The van der Waals surface area contributed by atoms with Crippen LogP contribution in [0.3, 0.4) is 0 Å². The molecular weight excluding hydrogens is 256 g/mol. The molecule has 0 fully saturated rings. The molecule has 0 spiro atoms. The molecule has 98 valence electrons. The van der Waals surface area contributed by atoms with E-state index >= 15 is 0 Å². The van der Waals surface area contributed by atoms with Gasteiger partial charge in [0.1, 0.15) is 5.75 Å². The first-order valence-electron chi connectivity index (χ1n) is 5.53. The molecule has 1 aliphatic heterocycles. The molecule has 2 rings (SSSR count). The molecule has 0 aliphatic carbocycles. The van der Waals surface area contributed by atoms with Gasteiger partial charge in [-0.15, -0.1) is 0 Å². The molecule has 1 amide bonds. The minimum absolute atomic E-state index is 0.0857. The van der Waals surface area contributed by atoms with Gasteiger partial charge in [0, 0.05) is 0 Å². The zero-order valence-corrected chi connectivity index (χ0v) is 10.9. The third-order valence-electron chi connectivity index (χ3n) is 2.72. The highest BCUT2D eigenvalue weighted by molar-refractivity contribution is 7.89. The summed E-state index contributed by atoms with van der Waals surface area (Å²) in [4.78, 5) is 11.7. The van der Waals surface area contributed by atoms with Crippen molar-refractivity contribution in [3.05, 3.63) is 18.2 Å². The van der Waals surface area contributed by atoms with Crippen LogP contribution in [0.1, 0.15) is 13.3 Å². The Morgan fingerprint density at radius 3 is 2.78 bits per heavy atom. The normalized spacial score (nSPS) is 18.8. The summed E-state index contributed by atoms with van der Waals surface area (Å²) >= 11 is 0. The summed E-state index contributed by atoms with van der Waals surface area (Å²) in [5.41, 5.74) is 0.376. The lowest BCUT2D eigenvalue weighted by molar-refractivity contribution is -0.123. The molecule has 2 N–H and O–H groups in total. The Hall–Kier alpha value is -1.60. The minimum atomic E-state index is -3.53. The van der Waals surface area contributed by atoms with Crippen LogP contribution in [0.25, 0.3) is 0 Å². The molecule has 0 saturated carbocycles. The lowest BCUT2D eigenvalue weighted by atomic mass is 10.2. The summed E-state index contributed by atoms with van der Waals surface area (Å²) < 4.78 is 30.9. The molecule has 7 heteroatoms. The molecule has 6 nitrogen and oxygen atoms in total. The van der Waals surface area contributed by atoms with Gasteiger partial charge in [-0.05, 0) is 31.7 Å². The van der Waals surface area contributed by atoms with Gasteiger partial charge in [0.25, 0.3) is 5.91 Å². The molecule has 0 radical (unpaired) electrons. The van der Waals surface area contributed by atoms with Crippen molar-refractivity contribution in [3.63, 3.8) is 0 Å². The van der Waals surface area contributed by atoms with Crippen LogP contribution < -0.4 is 14.8 Å². The number of hydrogen-bond acceptors (Lipinski definition) is 4. The highest BCUT2D eigenvalue weighted by Gasteiger charge is 2.27. The molecule has 0 bridgehead atoms. The maximum atomic E-state index is 11.6. The summed E-state index contributed by atoms with van der Waals surface area (Å²) in [5, 5.41) is 2.64. The van der Waals surface area contributed by atoms with E-state index in [1.807, 2.05) is 6.92 Å². The van der Waals surface area contributed by atoms with Gasteiger partial charge < -0.3 is 10.1 Å². The number of benzene rings is 1. The Morgan fingerprint density at radius 2 is 2.17 bits per heavy atom. The van der Waals surface area contributed by atoms with Crippen LogP contribution >= 0.6 is 0 Å². The van der Waals surface area contributed by atoms with Gasteiger partial charge >= 0.3 is 0 Å². The van der Waals surface area contributed by atoms with Gasteiger partial charge in [-0.2, -0.15) is 0 Å². The molecule has 0 aromatic heterocycles. The lowest BCUT2D eigenvalue weighted by Crippen LogP contribution is -2.36. The van der Waals surface area contributed by atoms with Gasteiger partial charge in [-0.1, -0.05) is 6.92 Å². The second kappa shape index (κ2) is 4.58. The zero-order chi connectivity index (χ0) is 13.3. The van der Waals surface area contributed by atoms with Gasteiger partial charge in [-0.25, -0.2) is 13.1 Å². The number of fused-ring (bicyclic) bond motifs is 1. The van der Waals surface area contributed by atoms with Crippen molar-refractivity contribution in [2.75, 3.05) is 12.4 Å². The van der Waals surface area contributed by atoms with E-state index < -0.39 is 16.1 Å². The maximum absolute atomic E-state index is 11.6. The first-order chi connectivity index (χ1) is 8.47. The largest absolute Gasteiger partial charge is 0.478 e. The summed E-state index contributed by atoms with van der Waals surface area (Å²) in [6.07, 6.45) is 0.0335. The second-order valence-electron chi connectivity index (χ2n) is 3.87. The Balaban J connectivity index is 2.41. The van der Waals surface area contributed by atoms with E-state index in [-0.39, 0.29) is 10.8 Å². The molecule has 1 atom stereocenters. The van der Waals surface area contributed by atoms with Crippen molar-refractivity contribution < 1.29 is 17.9 Å². The van der Waals surface area contributed by atoms with Crippen molar-refractivity contribution in [1.82, 2.24) is 4.72 Å². The minimum Gasteiger partial charge on any atom is -0.478 e. The van der Waals surface area contributed by atoms with Crippen molar-refractivity contribution in [1.29, 1.82) is 0 Å². The Labute approximate surface area is 105 Å². The number of carbonyl (C=O) groups is 1. The average molecular weight is 270 g/mol. The fourth-order valence-electron chi connectivity index (χ4n) is 1.68. The number of amides is 1. The molecule has 1 unspecified atom stereocenters. The van der Waals surface area contributed by atoms with E-state index in [0.29, 0.717) is 17.9 Å². The average Bonchev–Trinajstić information content (AvgIpc) is 2.37. The Kier molecular flexibility index (Phi) is 3.27. The Morgan fingerprint density at radius 1 is 1.44 bits per heavy atom. The molecule has 0 saturated heterocycles. The third-order valence-corrected chi connectivity index (χ3v) is 4.13. The maximum Gasteiger partial charge on any atom is 0.265 e. The van der Waals surface area contributed by atoms with Crippen molar-refractivity contribution >= 4 is 21.6 Å². The molecule has 1 aromatic rings. The van der Waals surface area contributed by atoms with E-state index in [9.17, 15) is 13.2 Å². The topological polar surface area (TPSA) is 84.5 Å². The second-order valence-corrected chi connectivity index (χ2v) is 5.76. The molecule has 1 aromatic carbocycles. The fraction of sp³-hybridized carbons (Fsp3) is 0.364. The highest BCUT2D eigenvalue weighted by Crippen LogP contribution is 2.32. The van der Waals surface area contributed by atoms with Crippen LogP contribution in [-0.4, -0.2) is 27.5 Å². The van der Waals surface area contributed by atoms with Gasteiger partial charge in [0.2, 0.25) is 10.0 Å². The number of sulfonamides is 1. The highest BCUT2D eigenvalue weighted by atomic mass is 32.2. The number of nitrogens with one attached hydrogen (secondary N) is 2. The zero-order valence-electron chi connectivity index (χ0n) is 10.1. The van der Waals surface area contributed by atoms with E-state index in [1.165, 1.54) is 19.2 Å². The molecule has 1 aliphatic rings. The fourth-order valence-corrected chi connectivity index (χ4v) is 2.44. The number of hydrogen-bond donors (Lipinski definition) is 2. The SMILES string of the molecule is CCC1Oc2ccc(S(=O)(=O)NC)cc2NC1=O. The number of rotatable bonds is 3. The van der Waals surface area contributed by atoms with Crippen LogP contribution in [0, 0.1) is 0 Å². The van der Waals surface area contributed by atoms with Crippen LogP contribution in [0.4, 0.5) is 5.69 Å². The molecule has 18 heavy (non-hydrogen) atoms. The van der Waals surface area contributed by atoms with Crippen LogP contribution in [0.2, 0.25) is 0 Å². The van der Waals surface area contributed by atoms with E-state index in [2.05, 4.69) is 10.0 Å². The first-order valence-corrected chi connectivity index (χ1v) is 7.01. The van der Waals surface area contributed by atoms with Crippen molar-refractivity contribution in [3.8, 4) is 5.75 Å². The van der Waals surface area contributed by atoms with Crippen LogP contribution in [0.15, 0.2) is 23.1 Å². The summed E-state index contributed by atoms with van der Waals surface area (Å²) in [6.45, 7) is 1.84. The van der Waals surface area contributed by atoms with Gasteiger partial charge in [0.05, 0.1) is 10.6 Å². The number of carbonyl (C=O) groups excluding carboxylic acids is 1. The van der Waals surface area contributed by atoms with E-state index in [1.54, 1.807) is 6.07 Å². The third kappa shape index (κ3) is 2.19. The smallest absolute Gasteiger partial charge is 0.265 e. The lowest BCUT2D eigenvalue weighted by Gasteiger charge is -2.25. The quantitative estimate of drug-likeness (QED) is 0.847. The van der Waals surface area contributed by atoms with Crippen molar-refractivity contribution in [2.24, 2.45) is 0 Å². The molecule has 1 heterocycles. The van der Waals surface area contributed by atoms with E-state index in [0.717, 1.165) is 0 Å². The summed E-state index contributed by atoms with van der Waals surface area (Å²) in [7, 11) is -2.19. The van der Waals surface area contributed by atoms with Crippen LogP contribution in [0.5, 0.6) is 5.75 Å². The number of ether oxygens (including phenoxy) is 1. The predicted octanol–water partition coefficient (Wildman–Crippen LogP) is 0.704. The van der Waals surface area contributed by atoms with Gasteiger partial charge in [0.15, 0.2) is 6.10 Å². The number of anilines is 1. The monoisotopic (exact) mass is 270 g/mol. The first kappa shape index (κ1) is 12.8. The Bertz CT molecular complexity index is 583. The van der Waals surface area contributed by atoms with E-state index in [4.69, 9.17) is 4.74 Å².